The summed E-state index contributed by atoms with van der Waals surface area (Å²) in [6.45, 7) is 0. The normalized spacial score (nSPS) is 13.6. The van der Waals surface area contributed by atoms with Crippen molar-refractivity contribution in [2.45, 2.75) is 0 Å². The lowest BCUT2D eigenvalue weighted by Crippen LogP contribution is -2.08. The third-order valence-corrected chi connectivity index (χ3v) is 4.31. The number of ketones is 1. The van der Waals surface area contributed by atoms with Crippen molar-refractivity contribution in [3.63, 3.8) is 0 Å². The maximum Gasteiger partial charge on any atom is 0.343 e. The van der Waals surface area contributed by atoms with E-state index in [1.165, 1.54) is 54.6 Å². The van der Waals surface area contributed by atoms with Gasteiger partial charge in [-0.3, -0.25) is 14.9 Å². The fraction of sp³-hybridized carbons (Fsp3) is 0. The van der Waals surface area contributed by atoms with Crippen LogP contribution in [0.15, 0.2) is 72.5 Å². The number of esters is 1. The van der Waals surface area contributed by atoms with Gasteiger partial charge in [0.1, 0.15) is 17.3 Å². The van der Waals surface area contributed by atoms with Gasteiger partial charge in [0, 0.05) is 18.2 Å². The van der Waals surface area contributed by atoms with Crippen molar-refractivity contribution in [2.24, 2.45) is 0 Å². The summed E-state index contributed by atoms with van der Waals surface area (Å²) in [5.41, 5.74) is 0.763. The molecule has 0 bridgehead atoms. The summed E-state index contributed by atoms with van der Waals surface area (Å²) in [4.78, 5) is 35.1. The summed E-state index contributed by atoms with van der Waals surface area (Å²) >= 11 is 0. The Morgan fingerprint density at radius 2 is 1.83 bits per heavy atom. The number of ether oxygens (including phenoxy) is 2. The third-order valence-electron chi connectivity index (χ3n) is 4.31. The van der Waals surface area contributed by atoms with Crippen LogP contribution in [0, 0.1) is 15.9 Å². The number of nitro benzene ring substituents is 1. The van der Waals surface area contributed by atoms with Gasteiger partial charge >= 0.3 is 5.97 Å². The number of rotatable bonds is 4. The summed E-state index contributed by atoms with van der Waals surface area (Å²) in [6.07, 6.45) is 1.40. The fourth-order valence-electron chi connectivity index (χ4n) is 2.86. The van der Waals surface area contributed by atoms with Crippen LogP contribution in [-0.2, 0) is 0 Å². The van der Waals surface area contributed by atoms with Crippen LogP contribution in [0.25, 0.3) is 6.08 Å². The van der Waals surface area contributed by atoms with Crippen LogP contribution in [-0.4, -0.2) is 16.7 Å². The predicted octanol–water partition coefficient (Wildman–Crippen LogP) is 4.57. The number of non-ortho nitro benzene ring substituents is 1. The number of fused-ring (bicyclic) bond motifs is 1. The number of allylic oxidation sites excluding steroid dienone is 1. The Labute approximate surface area is 169 Å². The lowest BCUT2D eigenvalue weighted by molar-refractivity contribution is -0.384. The van der Waals surface area contributed by atoms with Crippen LogP contribution < -0.4 is 9.47 Å². The molecule has 3 aromatic carbocycles. The van der Waals surface area contributed by atoms with Gasteiger partial charge in [-0.05, 0) is 48.0 Å². The van der Waals surface area contributed by atoms with Crippen LogP contribution in [0.3, 0.4) is 0 Å². The highest BCUT2D eigenvalue weighted by atomic mass is 19.1. The second-order valence-electron chi connectivity index (χ2n) is 6.35. The zero-order chi connectivity index (χ0) is 21.3. The van der Waals surface area contributed by atoms with Crippen molar-refractivity contribution < 1.29 is 28.4 Å². The molecule has 7 nitrogen and oxygen atoms in total. The fourth-order valence-corrected chi connectivity index (χ4v) is 2.86. The summed E-state index contributed by atoms with van der Waals surface area (Å²) in [5, 5.41) is 10.9. The van der Waals surface area contributed by atoms with Gasteiger partial charge in [0.2, 0.25) is 5.78 Å². The highest BCUT2D eigenvalue weighted by Gasteiger charge is 2.28. The molecule has 0 aliphatic carbocycles. The molecule has 0 aromatic heterocycles. The average molecular weight is 405 g/mol. The zero-order valence-corrected chi connectivity index (χ0v) is 15.2. The molecule has 0 atom stereocenters. The van der Waals surface area contributed by atoms with Crippen molar-refractivity contribution in [3.8, 4) is 11.5 Å². The van der Waals surface area contributed by atoms with Crippen molar-refractivity contribution in [3.05, 3.63) is 105 Å². The summed E-state index contributed by atoms with van der Waals surface area (Å²) in [7, 11) is 0. The molecule has 0 saturated heterocycles. The van der Waals surface area contributed by atoms with Gasteiger partial charge in [0.05, 0.1) is 16.1 Å². The van der Waals surface area contributed by atoms with Gasteiger partial charge in [-0.1, -0.05) is 12.1 Å². The van der Waals surface area contributed by atoms with E-state index in [0.29, 0.717) is 5.56 Å². The first kappa shape index (κ1) is 19.0. The number of hydrogen-bond acceptors (Lipinski definition) is 6. The molecule has 3 aromatic rings. The minimum atomic E-state index is -0.688. The number of nitrogens with zero attached hydrogens (tertiary/aromatic N) is 1. The van der Waals surface area contributed by atoms with Gasteiger partial charge in [-0.25, -0.2) is 9.18 Å². The van der Waals surface area contributed by atoms with Crippen molar-refractivity contribution in [1.82, 2.24) is 0 Å². The van der Waals surface area contributed by atoms with Gasteiger partial charge in [-0.15, -0.1) is 0 Å². The molecule has 30 heavy (non-hydrogen) atoms. The average Bonchev–Trinajstić information content (AvgIpc) is 3.03. The molecule has 0 N–H and O–H groups in total. The first-order valence-corrected chi connectivity index (χ1v) is 8.71. The summed E-state index contributed by atoms with van der Waals surface area (Å²) in [5.74, 6) is -1.22. The van der Waals surface area contributed by atoms with Crippen LogP contribution >= 0.6 is 0 Å². The largest absolute Gasteiger partial charge is 0.452 e. The topological polar surface area (TPSA) is 95.7 Å². The second kappa shape index (κ2) is 7.59. The van der Waals surface area contributed by atoms with E-state index in [1.807, 2.05) is 0 Å². The molecule has 0 unspecified atom stereocenters. The Kier molecular flexibility index (Phi) is 4.81. The lowest BCUT2D eigenvalue weighted by Gasteiger charge is -2.05. The van der Waals surface area contributed by atoms with Gasteiger partial charge in [-0.2, -0.15) is 0 Å². The number of halogens is 1. The Bertz CT molecular complexity index is 1220. The standard InChI is InChI=1S/C22H12FNO6/c23-15-6-4-14(5-7-15)22(26)29-17-8-9-18-19(12-17)30-20(21(18)25)11-13-2-1-3-16(10-13)24(27)28/h1-12H/b20-11-. The molecule has 148 valence electrons. The molecule has 0 amide bonds. The van der Waals surface area contributed by atoms with E-state index in [4.69, 9.17) is 9.47 Å². The van der Waals surface area contributed by atoms with Gasteiger partial charge in [0.25, 0.3) is 5.69 Å². The monoisotopic (exact) mass is 405 g/mol. The Morgan fingerprint density at radius 3 is 2.57 bits per heavy atom. The SMILES string of the molecule is O=C(Oc1ccc2c(c1)O/C(=C\c1cccc([N+](=O)[O-])c1)C2=O)c1ccc(F)cc1. The summed E-state index contributed by atoms with van der Waals surface area (Å²) in [6, 6.07) is 15.0. The van der Waals surface area contributed by atoms with Crippen LogP contribution in [0.2, 0.25) is 0 Å². The molecule has 0 fully saturated rings. The van der Waals surface area contributed by atoms with E-state index in [2.05, 4.69) is 0 Å². The van der Waals surface area contributed by atoms with Crippen LogP contribution in [0.5, 0.6) is 11.5 Å². The summed E-state index contributed by atoms with van der Waals surface area (Å²) < 4.78 is 23.8. The molecule has 0 spiro atoms. The van der Waals surface area contributed by atoms with E-state index in [-0.39, 0.29) is 34.1 Å². The lowest BCUT2D eigenvalue weighted by atomic mass is 10.1. The van der Waals surface area contributed by atoms with Crippen molar-refractivity contribution in [2.75, 3.05) is 0 Å². The maximum absolute atomic E-state index is 13.0. The Balaban J connectivity index is 1.55. The molecule has 0 radical (unpaired) electrons. The third kappa shape index (κ3) is 3.79. The second-order valence-corrected chi connectivity index (χ2v) is 6.35. The number of carbonyl (C=O) groups excluding carboxylic acids is 2. The van der Waals surface area contributed by atoms with Crippen molar-refractivity contribution >= 4 is 23.5 Å². The predicted molar refractivity (Wildman–Crippen MR) is 104 cm³/mol. The quantitative estimate of drug-likeness (QED) is 0.207. The van der Waals surface area contributed by atoms with Gasteiger partial charge in [0.15, 0.2) is 5.76 Å². The van der Waals surface area contributed by atoms with E-state index in [1.54, 1.807) is 6.07 Å². The van der Waals surface area contributed by atoms with Crippen LogP contribution in [0.4, 0.5) is 10.1 Å². The van der Waals surface area contributed by atoms with E-state index < -0.39 is 22.5 Å². The molecular formula is C22H12FNO6. The molecule has 8 heteroatoms. The number of hydrogen-bond donors (Lipinski definition) is 0. The molecular weight excluding hydrogens is 393 g/mol. The maximum atomic E-state index is 13.0. The van der Waals surface area contributed by atoms with E-state index in [9.17, 15) is 24.1 Å². The molecule has 1 aliphatic heterocycles. The number of nitro groups is 1. The van der Waals surface area contributed by atoms with Crippen molar-refractivity contribution in [1.29, 1.82) is 0 Å². The minimum absolute atomic E-state index is 0.00694. The molecule has 1 aliphatic rings. The first-order valence-electron chi connectivity index (χ1n) is 8.71. The number of Topliss-reactive ketones (excluding diaryl/α,β-unsaturated/α-hetero) is 1. The van der Waals surface area contributed by atoms with E-state index >= 15 is 0 Å². The van der Waals surface area contributed by atoms with E-state index in [0.717, 1.165) is 12.1 Å². The Hall–Kier alpha value is -4.33. The first-order chi connectivity index (χ1) is 14.4. The molecule has 4 rings (SSSR count). The molecule has 1 heterocycles. The Morgan fingerprint density at radius 1 is 1.07 bits per heavy atom. The highest BCUT2D eigenvalue weighted by molar-refractivity contribution is 6.14. The molecule has 0 saturated carbocycles. The number of benzene rings is 3. The smallest absolute Gasteiger partial charge is 0.343 e. The van der Waals surface area contributed by atoms with Crippen LogP contribution in [0.1, 0.15) is 26.3 Å². The number of carbonyl (C=O) groups is 2. The van der Waals surface area contributed by atoms with Gasteiger partial charge < -0.3 is 9.47 Å². The zero-order valence-electron chi connectivity index (χ0n) is 15.2. The highest BCUT2D eigenvalue weighted by Crippen LogP contribution is 2.35. The minimum Gasteiger partial charge on any atom is -0.452 e.